The first-order valence-electron chi connectivity index (χ1n) is 9.03. The van der Waals surface area contributed by atoms with Gasteiger partial charge in [-0.05, 0) is 60.7 Å². The van der Waals surface area contributed by atoms with Crippen molar-refractivity contribution in [2.75, 3.05) is 4.90 Å². The van der Waals surface area contributed by atoms with Gasteiger partial charge in [0.2, 0.25) is 0 Å². The molecular weight excluding hydrogens is 459 g/mol. The number of barbiturate groups is 1. The first-order chi connectivity index (χ1) is 15.2. The highest BCUT2D eigenvalue weighted by Crippen LogP contribution is 2.28. The van der Waals surface area contributed by atoms with Gasteiger partial charge in [-0.15, -0.1) is 0 Å². The van der Waals surface area contributed by atoms with E-state index < -0.39 is 23.8 Å². The summed E-state index contributed by atoms with van der Waals surface area (Å²) in [5, 5.41) is 13.7. The maximum atomic E-state index is 12.9. The van der Waals surface area contributed by atoms with Crippen LogP contribution in [-0.2, 0) is 9.59 Å². The van der Waals surface area contributed by atoms with Crippen LogP contribution >= 0.6 is 23.2 Å². The number of carbonyl (C=O) groups is 4. The zero-order chi connectivity index (χ0) is 23.0. The highest BCUT2D eigenvalue weighted by Gasteiger charge is 2.37. The van der Waals surface area contributed by atoms with Crippen molar-refractivity contribution < 1.29 is 28.7 Å². The number of amides is 4. The second kappa shape index (κ2) is 8.33. The van der Waals surface area contributed by atoms with Crippen LogP contribution in [-0.4, -0.2) is 23.8 Å². The average Bonchev–Trinajstić information content (AvgIpc) is 3.21. The van der Waals surface area contributed by atoms with Crippen LogP contribution in [0.15, 0.2) is 64.6 Å². The molecule has 0 saturated carbocycles. The van der Waals surface area contributed by atoms with Gasteiger partial charge in [-0.2, -0.15) is 0 Å². The minimum Gasteiger partial charge on any atom is -0.545 e. The number of nitrogens with one attached hydrogen (secondary N) is 1. The van der Waals surface area contributed by atoms with E-state index in [1.807, 2.05) is 0 Å². The molecule has 1 saturated heterocycles. The Morgan fingerprint density at radius 1 is 1.00 bits per heavy atom. The Balaban J connectivity index is 1.67. The number of anilines is 1. The predicted octanol–water partition coefficient (Wildman–Crippen LogP) is 3.28. The molecule has 3 aromatic rings. The van der Waals surface area contributed by atoms with Crippen molar-refractivity contribution in [3.05, 3.63) is 81.5 Å². The summed E-state index contributed by atoms with van der Waals surface area (Å²) in [5.74, 6) is -2.76. The summed E-state index contributed by atoms with van der Waals surface area (Å²) in [6, 6.07) is 12.3. The van der Waals surface area contributed by atoms with Crippen molar-refractivity contribution in [2.24, 2.45) is 0 Å². The number of carbonyl (C=O) groups excluding carboxylic acids is 4. The van der Waals surface area contributed by atoms with E-state index in [0.29, 0.717) is 10.6 Å². The van der Waals surface area contributed by atoms with E-state index in [1.165, 1.54) is 54.6 Å². The van der Waals surface area contributed by atoms with Crippen LogP contribution in [0.1, 0.15) is 16.1 Å². The van der Waals surface area contributed by atoms with Gasteiger partial charge in [0.25, 0.3) is 11.8 Å². The second-order valence-corrected chi connectivity index (χ2v) is 7.46. The van der Waals surface area contributed by atoms with E-state index in [-0.39, 0.29) is 33.4 Å². The SMILES string of the molecule is O=C1NC(=O)N(c2ccc(Cl)cc2)C(=O)/C1=C\c1ccc(-c2ccc(Cl)c(C(=O)[O-])c2)o1. The number of furan rings is 1. The van der Waals surface area contributed by atoms with E-state index in [9.17, 15) is 24.3 Å². The summed E-state index contributed by atoms with van der Waals surface area (Å²) in [7, 11) is 0. The monoisotopic (exact) mass is 469 g/mol. The molecule has 1 aliphatic heterocycles. The molecule has 4 amide bonds. The highest BCUT2D eigenvalue weighted by atomic mass is 35.5. The number of carboxylic acids is 1. The van der Waals surface area contributed by atoms with Gasteiger partial charge < -0.3 is 14.3 Å². The molecule has 1 aromatic heterocycles. The number of imide groups is 2. The van der Waals surface area contributed by atoms with Crippen molar-refractivity contribution >= 4 is 58.8 Å². The van der Waals surface area contributed by atoms with E-state index in [4.69, 9.17) is 27.6 Å². The lowest BCUT2D eigenvalue weighted by Crippen LogP contribution is -2.54. The first-order valence-corrected chi connectivity index (χ1v) is 9.78. The standard InChI is InChI=1S/C22H12Cl2N2O6/c23-12-2-4-13(5-3-12)26-20(28)16(19(27)25-22(26)31)10-14-6-8-18(32-14)11-1-7-17(24)15(9-11)21(29)30/h1-10H,(H,29,30)(H,25,27,31)/p-1/b16-10-. The number of nitrogens with zero attached hydrogens (tertiary/aromatic N) is 1. The molecule has 1 fully saturated rings. The molecule has 0 aliphatic carbocycles. The van der Waals surface area contributed by atoms with E-state index >= 15 is 0 Å². The number of hydrogen-bond acceptors (Lipinski definition) is 6. The Kier molecular flexibility index (Phi) is 5.56. The third-order valence-corrected chi connectivity index (χ3v) is 5.15. The molecule has 1 N–H and O–H groups in total. The summed E-state index contributed by atoms with van der Waals surface area (Å²) in [5.41, 5.74) is 0.0912. The number of hydrogen-bond donors (Lipinski definition) is 1. The van der Waals surface area contributed by atoms with Gasteiger partial charge in [0.05, 0.1) is 11.7 Å². The Morgan fingerprint density at radius 2 is 1.72 bits per heavy atom. The number of aromatic carboxylic acids is 1. The number of benzene rings is 2. The van der Waals surface area contributed by atoms with Gasteiger partial charge in [0, 0.05) is 21.2 Å². The molecule has 8 nitrogen and oxygen atoms in total. The Labute approximate surface area is 190 Å². The Hall–Kier alpha value is -3.88. The number of urea groups is 1. The van der Waals surface area contributed by atoms with Gasteiger partial charge in [0.15, 0.2) is 0 Å². The predicted molar refractivity (Wildman–Crippen MR) is 114 cm³/mol. The van der Waals surface area contributed by atoms with Gasteiger partial charge >= 0.3 is 6.03 Å². The Bertz CT molecular complexity index is 1310. The lowest BCUT2D eigenvalue weighted by Gasteiger charge is -2.26. The summed E-state index contributed by atoms with van der Waals surface area (Å²) in [6.45, 7) is 0. The molecule has 160 valence electrons. The van der Waals surface area contributed by atoms with Crippen LogP contribution in [0.25, 0.3) is 17.4 Å². The first kappa shape index (κ1) is 21.4. The second-order valence-electron chi connectivity index (χ2n) is 6.62. The fourth-order valence-corrected chi connectivity index (χ4v) is 3.37. The van der Waals surface area contributed by atoms with E-state index in [2.05, 4.69) is 5.32 Å². The number of rotatable bonds is 4. The molecule has 2 heterocycles. The number of carboxylic acid groups (broad SMARTS) is 1. The molecule has 4 rings (SSSR count). The lowest BCUT2D eigenvalue weighted by molar-refractivity contribution is -0.255. The summed E-state index contributed by atoms with van der Waals surface area (Å²) in [6.07, 6.45) is 1.19. The van der Waals surface area contributed by atoms with Gasteiger partial charge in [-0.1, -0.05) is 23.2 Å². The lowest BCUT2D eigenvalue weighted by atomic mass is 10.1. The summed E-state index contributed by atoms with van der Waals surface area (Å²) >= 11 is 11.7. The third-order valence-electron chi connectivity index (χ3n) is 4.57. The average molecular weight is 470 g/mol. The zero-order valence-corrected chi connectivity index (χ0v) is 17.4. The molecule has 1 aliphatic rings. The molecule has 0 spiro atoms. The molecule has 0 atom stereocenters. The normalized spacial score (nSPS) is 15.2. The van der Waals surface area contributed by atoms with Crippen LogP contribution < -0.4 is 15.3 Å². The van der Waals surface area contributed by atoms with Crippen LogP contribution in [0.4, 0.5) is 10.5 Å². The molecule has 10 heteroatoms. The third kappa shape index (κ3) is 4.01. The van der Waals surface area contributed by atoms with Crippen LogP contribution in [0.5, 0.6) is 0 Å². The maximum Gasteiger partial charge on any atom is 0.335 e. The molecule has 0 unspecified atom stereocenters. The molecular formula is C22H11Cl2N2O6-. The van der Waals surface area contributed by atoms with Crippen LogP contribution in [0.3, 0.4) is 0 Å². The molecule has 32 heavy (non-hydrogen) atoms. The fraction of sp³-hybridized carbons (Fsp3) is 0. The topological polar surface area (TPSA) is 120 Å². The van der Waals surface area contributed by atoms with Crippen LogP contribution in [0, 0.1) is 0 Å². The molecule has 0 bridgehead atoms. The minimum atomic E-state index is -1.44. The summed E-state index contributed by atoms with van der Waals surface area (Å²) in [4.78, 5) is 49.4. The van der Waals surface area contributed by atoms with Crippen LogP contribution in [0.2, 0.25) is 10.0 Å². The molecule has 2 aromatic carbocycles. The van der Waals surface area contributed by atoms with Crippen molar-refractivity contribution in [1.82, 2.24) is 5.32 Å². The molecule has 0 radical (unpaired) electrons. The minimum absolute atomic E-state index is 0.0130. The van der Waals surface area contributed by atoms with Gasteiger partial charge in [0.1, 0.15) is 17.1 Å². The maximum absolute atomic E-state index is 12.9. The largest absolute Gasteiger partial charge is 0.545 e. The van der Waals surface area contributed by atoms with Gasteiger partial charge in [-0.3, -0.25) is 14.9 Å². The Morgan fingerprint density at radius 3 is 2.41 bits per heavy atom. The van der Waals surface area contributed by atoms with E-state index in [0.717, 1.165) is 4.90 Å². The highest BCUT2D eigenvalue weighted by molar-refractivity contribution is 6.39. The summed E-state index contributed by atoms with van der Waals surface area (Å²) < 4.78 is 5.64. The van der Waals surface area contributed by atoms with Crippen molar-refractivity contribution in [2.45, 2.75) is 0 Å². The fourth-order valence-electron chi connectivity index (χ4n) is 3.04. The zero-order valence-electron chi connectivity index (χ0n) is 15.9. The van der Waals surface area contributed by atoms with Crippen molar-refractivity contribution in [1.29, 1.82) is 0 Å². The smallest absolute Gasteiger partial charge is 0.335 e. The quantitative estimate of drug-likeness (QED) is 0.462. The number of halogens is 2. The van der Waals surface area contributed by atoms with E-state index in [1.54, 1.807) is 6.07 Å². The van der Waals surface area contributed by atoms with Crippen molar-refractivity contribution in [3.8, 4) is 11.3 Å². The van der Waals surface area contributed by atoms with Crippen molar-refractivity contribution in [3.63, 3.8) is 0 Å². The van der Waals surface area contributed by atoms with Gasteiger partial charge in [-0.25, -0.2) is 9.69 Å².